The summed E-state index contributed by atoms with van der Waals surface area (Å²) in [4.78, 5) is 14.7. The summed E-state index contributed by atoms with van der Waals surface area (Å²) in [7, 11) is 3.77. The molecule has 2 rings (SSSR count). The molecular formula is C10H16N6. The van der Waals surface area contributed by atoms with Crippen LogP contribution in [0.2, 0.25) is 0 Å². The van der Waals surface area contributed by atoms with Crippen molar-refractivity contribution in [3.05, 3.63) is 6.33 Å². The van der Waals surface area contributed by atoms with Crippen LogP contribution in [0, 0.1) is 0 Å². The van der Waals surface area contributed by atoms with Crippen molar-refractivity contribution in [3.63, 3.8) is 0 Å². The molecule has 16 heavy (non-hydrogen) atoms. The number of rotatable bonds is 2. The van der Waals surface area contributed by atoms with Crippen molar-refractivity contribution >= 4 is 22.9 Å². The van der Waals surface area contributed by atoms with Crippen LogP contribution in [-0.4, -0.2) is 33.6 Å². The van der Waals surface area contributed by atoms with Crippen molar-refractivity contribution in [3.8, 4) is 0 Å². The highest BCUT2D eigenvalue weighted by molar-refractivity contribution is 5.83. The second kappa shape index (κ2) is 3.62. The van der Waals surface area contributed by atoms with E-state index in [1.54, 1.807) is 6.33 Å². The molecule has 0 bridgehead atoms. The Morgan fingerprint density at radius 1 is 1.31 bits per heavy atom. The van der Waals surface area contributed by atoms with E-state index in [9.17, 15) is 0 Å². The van der Waals surface area contributed by atoms with Crippen molar-refractivity contribution in [2.24, 2.45) is 0 Å². The zero-order valence-corrected chi connectivity index (χ0v) is 9.97. The fraction of sp³-hybridized carbons (Fsp3) is 0.500. The number of nitrogens with zero attached hydrogens (tertiary/aromatic N) is 5. The van der Waals surface area contributed by atoms with E-state index in [2.05, 4.69) is 28.8 Å². The SMILES string of the molecule is CC(C)n1cnc2c(N)nc(N(C)C)nc21. The third-order valence-corrected chi connectivity index (χ3v) is 2.39. The standard InChI is InChI=1S/C10H16N6/c1-6(2)16-5-12-7-8(11)13-10(15(3)4)14-9(7)16/h5-6H,1-4H3,(H2,11,13,14). The Kier molecular flexibility index (Phi) is 2.41. The zero-order chi connectivity index (χ0) is 11.9. The van der Waals surface area contributed by atoms with Gasteiger partial charge in [0.2, 0.25) is 5.95 Å². The van der Waals surface area contributed by atoms with Gasteiger partial charge < -0.3 is 15.2 Å². The van der Waals surface area contributed by atoms with Gasteiger partial charge in [-0.1, -0.05) is 0 Å². The second-order valence-corrected chi connectivity index (χ2v) is 4.22. The van der Waals surface area contributed by atoms with Gasteiger partial charge in [0.15, 0.2) is 11.5 Å². The maximum atomic E-state index is 5.85. The lowest BCUT2D eigenvalue weighted by molar-refractivity contribution is 0.612. The number of aromatic nitrogens is 4. The molecule has 0 aromatic carbocycles. The van der Waals surface area contributed by atoms with E-state index in [0.29, 0.717) is 23.3 Å². The summed E-state index contributed by atoms with van der Waals surface area (Å²) in [5, 5.41) is 0. The number of nitrogen functional groups attached to an aromatic ring is 1. The van der Waals surface area contributed by atoms with E-state index in [-0.39, 0.29) is 0 Å². The van der Waals surface area contributed by atoms with Gasteiger partial charge >= 0.3 is 0 Å². The van der Waals surface area contributed by atoms with Gasteiger partial charge in [0.1, 0.15) is 5.52 Å². The average Bonchev–Trinajstić information content (AvgIpc) is 2.61. The van der Waals surface area contributed by atoms with E-state index in [4.69, 9.17) is 5.73 Å². The van der Waals surface area contributed by atoms with Gasteiger partial charge in [-0.05, 0) is 13.8 Å². The molecule has 0 unspecified atom stereocenters. The summed E-state index contributed by atoms with van der Waals surface area (Å²) in [6.45, 7) is 4.16. The smallest absolute Gasteiger partial charge is 0.228 e. The highest BCUT2D eigenvalue weighted by atomic mass is 15.3. The van der Waals surface area contributed by atoms with Crippen LogP contribution in [0.4, 0.5) is 11.8 Å². The first-order chi connectivity index (χ1) is 7.50. The predicted molar refractivity (Wildman–Crippen MR) is 64.4 cm³/mol. The zero-order valence-electron chi connectivity index (χ0n) is 9.97. The molecule has 6 nitrogen and oxygen atoms in total. The first-order valence-electron chi connectivity index (χ1n) is 5.18. The fourth-order valence-electron chi connectivity index (χ4n) is 1.50. The topological polar surface area (TPSA) is 72.9 Å². The van der Waals surface area contributed by atoms with E-state index in [1.807, 2.05) is 23.6 Å². The van der Waals surface area contributed by atoms with Crippen LogP contribution < -0.4 is 10.6 Å². The van der Waals surface area contributed by atoms with Gasteiger partial charge in [-0.25, -0.2) is 4.98 Å². The Morgan fingerprint density at radius 3 is 2.56 bits per heavy atom. The summed E-state index contributed by atoms with van der Waals surface area (Å²) in [6, 6.07) is 0.300. The first kappa shape index (κ1) is 10.7. The molecule has 0 radical (unpaired) electrons. The average molecular weight is 220 g/mol. The minimum absolute atomic E-state index is 0.300. The number of hydrogen-bond acceptors (Lipinski definition) is 5. The highest BCUT2D eigenvalue weighted by Crippen LogP contribution is 2.21. The van der Waals surface area contributed by atoms with Gasteiger partial charge in [0.25, 0.3) is 0 Å². The summed E-state index contributed by atoms with van der Waals surface area (Å²) in [6.07, 6.45) is 1.75. The monoisotopic (exact) mass is 220 g/mol. The van der Waals surface area contributed by atoms with Crippen LogP contribution in [0.5, 0.6) is 0 Å². The third-order valence-electron chi connectivity index (χ3n) is 2.39. The molecule has 2 aromatic heterocycles. The molecule has 0 aliphatic heterocycles. The Bertz CT molecular complexity index is 513. The lowest BCUT2D eigenvalue weighted by Crippen LogP contribution is -2.14. The molecule has 0 aliphatic carbocycles. The van der Waals surface area contributed by atoms with Crippen molar-refractivity contribution in [2.75, 3.05) is 24.7 Å². The van der Waals surface area contributed by atoms with E-state index in [1.165, 1.54) is 0 Å². The minimum atomic E-state index is 0.300. The summed E-state index contributed by atoms with van der Waals surface area (Å²) in [5.74, 6) is 1.03. The summed E-state index contributed by atoms with van der Waals surface area (Å²) in [5.41, 5.74) is 7.30. The van der Waals surface area contributed by atoms with Gasteiger partial charge in [0.05, 0.1) is 6.33 Å². The van der Waals surface area contributed by atoms with Crippen molar-refractivity contribution in [1.29, 1.82) is 0 Å². The van der Waals surface area contributed by atoms with E-state index < -0.39 is 0 Å². The number of hydrogen-bond donors (Lipinski definition) is 1. The second-order valence-electron chi connectivity index (χ2n) is 4.22. The minimum Gasteiger partial charge on any atom is -0.382 e. The molecular weight excluding hydrogens is 204 g/mol. The van der Waals surface area contributed by atoms with E-state index in [0.717, 1.165) is 5.65 Å². The molecule has 0 aliphatic rings. The van der Waals surface area contributed by atoms with Crippen LogP contribution in [0.25, 0.3) is 11.2 Å². The molecule has 86 valence electrons. The molecule has 2 heterocycles. The van der Waals surface area contributed by atoms with Gasteiger partial charge in [0, 0.05) is 20.1 Å². The lowest BCUT2D eigenvalue weighted by Gasteiger charge is -2.12. The van der Waals surface area contributed by atoms with Crippen LogP contribution >= 0.6 is 0 Å². The number of anilines is 2. The molecule has 0 fully saturated rings. The Hall–Kier alpha value is -1.85. The van der Waals surface area contributed by atoms with Gasteiger partial charge in [-0.2, -0.15) is 9.97 Å². The van der Waals surface area contributed by atoms with Crippen molar-refractivity contribution in [1.82, 2.24) is 19.5 Å². The molecule has 0 saturated carbocycles. The largest absolute Gasteiger partial charge is 0.382 e. The molecule has 0 amide bonds. The predicted octanol–water partition coefficient (Wildman–Crippen LogP) is 1.06. The third kappa shape index (κ3) is 1.56. The molecule has 2 aromatic rings. The Morgan fingerprint density at radius 2 is 2.00 bits per heavy atom. The summed E-state index contributed by atoms with van der Waals surface area (Å²) >= 11 is 0. The number of fused-ring (bicyclic) bond motifs is 1. The number of imidazole rings is 1. The van der Waals surface area contributed by atoms with Crippen molar-refractivity contribution < 1.29 is 0 Å². The highest BCUT2D eigenvalue weighted by Gasteiger charge is 2.13. The Labute approximate surface area is 94.1 Å². The molecule has 0 spiro atoms. The van der Waals surface area contributed by atoms with Crippen LogP contribution in [0.3, 0.4) is 0 Å². The van der Waals surface area contributed by atoms with Crippen LogP contribution in [0.1, 0.15) is 19.9 Å². The normalized spacial score (nSPS) is 11.3. The maximum absolute atomic E-state index is 5.85. The fourth-order valence-corrected chi connectivity index (χ4v) is 1.50. The quantitative estimate of drug-likeness (QED) is 0.819. The van der Waals surface area contributed by atoms with Gasteiger partial charge in [-0.3, -0.25) is 0 Å². The number of nitrogens with two attached hydrogens (primary N) is 1. The van der Waals surface area contributed by atoms with Crippen molar-refractivity contribution in [2.45, 2.75) is 19.9 Å². The molecule has 6 heteroatoms. The molecule has 0 saturated heterocycles. The Balaban J connectivity index is 2.71. The summed E-state index contributed by atoms with van der Waals surface area (Å²) < 4.78 is 1.99. The lowest BCUT2D eigenvalue weighted by atomic mass is 10.4. The van der Waals surface area contributed by atoms with E-state index >= 15 is 0 Å². The first-order valence-corrected chi connectivity index (χ1v) is 5.18. The molecule has 0 atom stereocenters. The van der Waals surface area contributed by atoms with Crippen LogP contribution in [-0.2, 0) is 0 Å². The van der Waals surface area contributed by atoms with Gasteiger partial charge in [-0.15, -0.1) is 0 Å². The molecule has 2 N–H and O–H groups in total. The van der Waals surface area contributed by atoms with Crippen LogP contribution in [0.15, 0.2) is 6.33 Å². The maximum Gasteiger partial charge on any atom is 0.228 e.